The number of ether oxygens (including phenoxy) is 2. The van der Waals surface area contributed by atoms with E-state index in [-0.39, 0.29) is 17.7 Å². The molecule has 0 aliphatic carbocycles. The van der Waals surface area contributed by atoms with Crippen molar-refractivity contribution in [1.82, 2.24) is 14.8 Å². The predicted molar refractivity (Wildman–Crippen MR) is 138 cm³/mol. The molecule has 2 heterocycles. The van der Waals surface area contributed by atoms with Gasteiger partial charge in [-0.3, -0.25) is 19.1 Å². The van der Waals surface area contributed by atoms with E-state index in [1.807, 2.05) is 31.2 Å². The van der Waals surface area contributed by atoms with E-state index in [2.05, 4.69) is 22.1 Å². The summed E-state index contributed by atoms with van der Waals surface area (Å²) in [5.74, 6) is 0.237. The maximum Gasteiger partial charge on any atom is 0.270 e. The number of morpholine rings is 1. The van der Waals surface area contributed by atoms with E-state index >= 15 is 0 Å². The number of rotatable bonds is 10. The first-order valence-corrected chi connectivity index (χ1v) is 12.3. The highest BCUT2D eigenvalue weighted by atomic mass is 32.1. The molecule has 10 heteroatoms. The Kier molecular flexibility index (Phi) is 9.66. The monoisotopic (exact) mass is 497 g/mol. The Labute approximate surface area is 208 Å². The molecule has 1 aromatic heterocycles. The number of hydrogen-bond donors (Lipinski definition) is 2. The van der Waals surface area contributed by atoms with Crippen LogP contribution in [0.25, 0.3) is 11.8 Å². The number of anilines is 1. The summed E-state index contributed by atoms with van der Waals surface area (Å²) < 4.78 is 13.5. The minimum Gasteiger partial charge on any atom is -0.492 e. The molecular weight excluding hydrogens is 466 g/mol. The summed E-state index contributed by atoms with van der Waals surface area (Å²) in [6, 6.07) is 7.69. The van der Waals surface area contributed by atoms with E-state index in [0.29, 0.717) is 22.3 Å². The molecule has 1 amide bonds. The van der Waals surface area contributed by atoms with Gasteiger partial charge in [-0.25, -0.2) is 0 Å². The fraction of sp³-hybridized carbons (Fsp3) is 0.400. The van der Waals surface area contributed by atoms with E-state index in [9.17, 15) is 14.9 Å². The molecule has 0 bridgehead atoms. The van der Waals surface area contributed by atoms with Gasteiger partial charge in [-0.05, 0) is 25.5 Å². The second-order valence-electron chi connectivity index (χ2n) is 7.88. The molecule has 0 spiro atoms. The van der Waals surface area contributed by atoms with E-state index in [4.69, 9.17) is 9.47 Å². The molecule has 2 N–H and O–H groups in total. The third-order valence-corrected chi connectivity index (χ3v) is 6.64. The van der Waals surface area contributed by atoms with Crippen LogP contribution in [0.2, 0.25) is 0 Å². The Morgan fingerprint density at radius 3 is 2.83 bits per heavy atom. The molecule has 35 heavy (non-hydrogen) atoms. The molecule has 0 radical (unpaired) electrons. The van der Waals surface area contributed by atoms with Gasteiger partial charge < -0.3 is 20.1 Å². The standard InChI is InChI=1S/C25H31N5O4S/c1-4-8-27-23(31)20(16-26)25-30(5-2)24(32)22(35-25)17-28-19-7-6-18(3)21(15-19)34-14-11-29-9-12-33-13-10-29/h4,6-7,15,17,28H,1,5,8-14H2,2-3H3,(H,27,31). The lowest BCUT2D eigenvalue weighted by Crippen LogP contribution is -2.38. The number of nitrogens with zero attached hydrogens (tertiary/aromatic N) is 3. The summed E-state index contributed by atoms with van der Waals surface area (Å²) in [7, 11) is 0. The Morgan fingerprint density at radius 2 is 2.14 bits per heavy atom. The number of amides is 1. The first kappa shape index (κ1) is 26.2. The normalized spacial score (nSPS) is 15.3. The number of carbonyl (C=O) groups is 1. The number of benzene rings is 1. The molecule has 1 aromatic carbocycles. The van der Waals surface area contributed by atoms with Crippen molar-refractivity contribution in [3.8, 4) is 11.8 Å². The number of aromatic nitrogens is 1. The summed E-state index contributed by atoms with van der Waals surface area (Å²) in [4.78, 5) is 27.6. The molecule has 1 aliphatic heterocycles. The van der Waals surface area contributed by atoms with Crippen molar-refractivity contribution in [2.24, 2.45) is 0 Å². The first-order chi connectivity index (χ1) is 17.0. The smallest absolute Gasteiger partial charge is 0.270 e. The Morgan fingerprint density at radius 1 is 1.37 bits per heavy atom. The van der Waals surface area contributed by atoms with Crippen LogP contribution in [0.5, 0.6) is 5.75 Å². The van der Waals surface area contributed by atoms with Crippen molar-refractivity contribution in [3.05, 3.63) is 56.0 Å². The number of nitriles is 1. The van der Waals surface area contributed by atoms with E-state index in [0.717, 1.165) is 61.2 Å². The topological polar surface area (TPSA) is 109 Å². The van der Waals surface area contributed by atoms with Gasteiger partial charge >= 0.3 is 0 Å². The zero-order valence-electron chi connectivity index (χ0n) is 20.1. The Balaban J connectivity index is 1.80. The molecule has 0 unspecified atom stereocenters. The van der Waals surface area contributed by atoms with Crippen molar-refractivity contribution >= 4 is 34.7 Å². The third-order valence-electron chi connectivity index (χ3n) is 5.51. The minimum atomic E-state index is -0.534. The lowest BCUT2D eigenvalue weighted by molar-refractivity contribution is -0.115. The Bertz CT molecular complexity index is 1270. The van der Waals surface area contributed by atoms with Crippen LogP contribution in [-0.4, -0.2) is 61.4 Å². The Hall–Kier alpha value is -3.39. The summed E-state index contributed by atoms with van der Waals surface area (Å²) in [6.07, 6.45) is 3.13. The fourth-order valence-electron chi connectivity index (χ4n) is 3.55. The van der Waals surface area contributed by atoms with Gasteiger partial charge in [0.1, 0.15) is 27.6 Å². The highest BCUT2D eigenvalue weighted by Gasteiger charge is 2.15. The van der Waals surface area contributed by atoms with E-state index in [1.54, 1.807) is 13.1 Å². The molecule has 0 atom stereocenters. The van der Waals surface area contributed by atoms with Gasteiger partial charge in [0.15, 0.2) is 5.57 Å². The lowest BCUT2D eigenvalue weighted by atomic mass is 10.2. The highest BCUT2D eigenvalue weighted by molar-refractivity contribution is 7.07. The van der Waals surface area contributed by atoms with Gasteiger partial charge in [0.05, 0.1) is 13.2 Å². The molecule has 1 fully saturated rings. The SMILES string of the molecule is C=CCNC(=O)C(C#N)=c1sc(=CNc2ccc(C)c(OCCN3CCOCC3)c2)c(=O)n1CC. The first-order valence-electron chi connectivity index (χ1n) is 11.5. The molecule has 2 aromatic rings. The number of carbonyl (C=O) groups excluding carboxylic acids is 1. The summed E-state index contributed by atoms with van der Waals surface area (Å²) >= 11 is 1.10. The highest BCUT2D eigenvalue weighted by Crippen LogP contribution is 2.22. The summed E-state index contributed by atoms with van der Waals surface area (Å²) in [6.45, 7) is 12.7. The van der Waals surface area contributed by atoms with Gasteiger partial charge in [-0.2, -0.15) is 5.26 Å². The van der Waals surface area contributed by atoms with Crippen LogP contribution in [0.1, 0.15) is 12.5 Å². The van der Waals surface area contributed by atoms with Crippen LogP contribution in [0.4, 0.5) is 5.69 Å². The zero-order chi connectivity index (χ0) is 25.2. The van der Waals surface area contributed by atoms with Crippen LogP contribution in [0.15, 0.2) is 35.6 Å². The molecule has 186 valence electrons. The molecule has 3 rings (SSSR count). The van der Waals surface area contributed by atoms with Crippen LogP contribution in [0.3, 0.4) is 0 Å². The zero-order valence-corrected chi connectivity index (χ0v) is 21.0. The van der Waals surface area contributed by atoms with Crippen LogP contribution in [0, 0.1) is 18.3 Å². The molecule has 1 aliphatic rings. The maximum absolute atomic E-state index is 12.9. The van der Waals surface area contributed by atoms with Crippen LogP contribution < -0.4 is 30.1 Å². The van der Waals surface area contributed by atoms with E-state index in [1.165, 1.54) is 10.6 Å². The molecular formula is C25H31N5O4S. The van der Waals surface area contributed by atoms with Crippen molar-refractivity contribution in [2.75, 3.05) is 51.3 Å². The number of aryl methyl sites for hydroxylation is 1. The third kappa shape index (κ3) is 6.82. The van der Waals surface area contributed by atoms with E-state index < -0.39 is 5.91 Å². The molecule has 9 nitrogen and oxygen atoms in total. The van der Waals surface area contributed by atoms with Gasteiger partial charge in [0.2, 0.25) is 0 Å². The number of thiazole rings is 1. The number of hydrogen-bond acceptors (Lipinski definition) is 8. The van der Waals surface area contributed by atoms with Crippen molar-refractivity contribution in [3.63, 3.8) is 0 Å². The van der Waals surface area contributed by atoms with Crippen molar-refractivity contribution < 1.29 is 14.3 Å². The second kappa shape index (κ2) is 12.9. The second-order valence-corrected chi connectivity index (χ2v) is 8.91. The van der Waals surface area contributed by atoms with Crippen LogP contribution >= 0.6 is 11.3 Å². The van der Waals surface area contributed by atoms with Crippen LogP contribution in [-0.2, 0) is 16.1 Å². The average Bonchev–Trinajstić information content (AvgIpc) is 3.18. The maximum atomic E-state index is 12.9. The molecule has 1 saturated heterocycles. The fourth-order valence-corrected chi connectivity index (χ4v) is 4.63. The molecule has 0 saturated carbocycles. The summed E-state index contributed by atoms with van der Waals surface area (Å²) in [5, 5.41) is 15.3. The summed E-state index contributed by atoms with van der Waals surface area (Å²) in [5.41, 5.74) is 1.42. The largest absolute Gasteiger partial charge is 0.492 e. The van der Waals surface area contributed by atoms with Crippen molar-refractivity contribution in [1.29, 1.82) is 5.26 Å². The van der Waals surface area contributed by atoms with Gasteiger partial charge in [0, 0.05) is 50.7 Å². The minimum absolute atomic E-state index is 0.0956. The quantitative estimate of drug-likeness (QED) is 0.467. The van der Waals surface area contributed by atoms with Crippen molar-refractivity contribution in [2.45, 2.75) is 20.4 Å². The van der Waals surface area contributed by atoms with Gasteiger partial charge in [-0.1, -0.05) is 12.1 Å². The number of nitrogens with one attached hydrogen (secondary N) is 2. The lowest BCUT2D eigenvalue weighted by Gasteiger charge is -2.26. The predicted octanol–water partition coefficient (Wildman–Crippen LogP) is 0.776. The average molecular weight is 498 g/mol. The van der Waals surface area contributed by atoms with Gasteiger partial charge in [0.25, 0.3) is 11.5 Å². The van der Waals surface area contributed by atoms with Gasteiger partial charge in [-0.15, -0.1) is 17.9 Å².